The Labute approximate surface area is 159 Å². The molecule has 1 saturated heterocycles. The maximum absolute atomic E-state index is 13.5. The minimum absolute atomic E-state index is 0.136. The number of amides is 1. The second-order valence-corrected chi connectivity index (χ2v) is 6.83. The number of hydrogen-bond donors (Lipinski definition) is 2. The Bertz CT molecular complexity index is 1190. The SMILES string of the molecule is O=C(c1nccc2cc(Nc3n[nH]c4ncccc34)ccc12)N1CC[C@H](F)C1. The molecule has 0 unspecified atom stereocenters. The molecule has 8 heteroatoms. The van der Waals surface area contributed by atoms with E-state index in [-0.39, 0.29) is 12.5 Å². The van der Waals surface area contributed by atoms with Crippen LogP contribution in [-0.2, 0) is 0 Å². The molecule has 4 aromatic rings. The zero-order chi connectivity index (χ0) is 19.1. The third kappa shape index (κ3) is 2.83. The predicted molar refractivity (Wildman–Crippen MR) is 104 cm³/mol. The number of carbonyl (C=O) groups is 1. The van der Waals surface area contributed by atoms with Gasteiger partial charge in [-0.25, -0.2) is 9.37 Å². The second-order valence-electron chi connectivity index (χ2n) is 6.83. The summed E-state index contributed by atoms with van der Waals surface area (Å²) in [6.07, 6.45) is 2.75. The van der Waals surface area contributed by atoms with Gasteiger partial charge in [-0.15, -0.1) is 0 Å². The van der Waals surface area contributed by atoms with Crippen LogP contribution in [0.3, 0.4) is 0 Å². The first kappa shape index (κ1) is 16.6. The molecule has 0 spiro atoms. The van der Waals surface area contributed by atoms with Crippen LogP contribution in [-0.4, -0.2) is 50.2 Å². The van der Waals surface area contributed by atoms with Gasteiger partial charge in [0.25, 0.3) is 5.91 Å². The lowest BCUT2D eigenvalue weighted by Gasteiger charge is -2.16. The first-order valence-corrected chi connectivity index (χ1v) is 9.07. The highest BCUT2D eigenvalue weighted by Crippen LogP contribution is 2.27. The number of anilines is 2. The van der Waals surface area contributed by atoms with E-state index in [1.807, 2.05) is 36.4 Å². The molecule has 1 fully saturated rings. The van der Waals surface area contributed by atoms with E-state index >= 15 is 0 Å². The van der Waals surface area contributed by atoms with Crippen LogP contribution in [0.1, 0.15) is 16.9 Å². The molecule has 5 rings (SSSR count). The van der Waals surface area contributed by atoms with Gasteiger partial charge in [0, 0.05) is 30.0 Å². The van der Waals surface area contributed by atoms with E-state index < -0.39 is 6.17 Å². The number of aromatic amines is 1. The van der Waals surface area contributed by atoms with Crippen LogP contribution in [0.4, 0.5) is 15.9 Å². The number of alkyl halides is 1. The minimum Gasteiger partial charge on any atom is -0.338 e. The average molecular weight is 376 g/mol. The number of pyridine rings is 2. The van der Waals surface area contributed by atoms with Crippen LogP contribution >= 0.6 is 0 Å². The fraction of sp³-hybridized carbons (Fsp3) is 0.200. The lowest BCUT2D eigenvalue weighted by Crippen LogP contribution is -2.29. The van der Waals surface area contributed by atoms with Crippen LogP contribution in [0.5, 0.6) is 0 Å². The smallest absolute Gasteiger partial charge is 0.273 e. The molecular weight excluding hydrogens is 359 g/mol. The van der Waals surface area contributed by atoms with Gasteiger partial charge >= 0.3 is 0 Å². The van der Waals surface area contributed by atoms with Gasteiger partial charge in [0.15, 0.2) is 11.5 Å². The normalized spacial score (nSPS) is 16.8. The summed E-state index contributed by atoms with van der Waals surface area (Å²) < 4.78 is 13.5. The van der Waals surface area contributed by atoms with E-state index in [2.05, 4.69) is 25.5 Å². The van der Waals surface area contributed by atoms with Crippen molar-refractivity contribution in [2.75, 3.05) is 18.4 Å². The molecule has 1 amide bonds. The van der Waals surface area contributed by atoms with Gasteiger partial charge < -0.3 is 10.2 Å². The number of hydrogen-bond acceptors (Lipinski definition) is 5. The molecule has 1 aliphatic heterocycles. The molecule has 1 aliphatic rings. The van der Waals surface area contributed by atoms with E-state index in [4.69, 9.17) is 0 Å². The molecule has 28 heavy (non-hydrogen) atoms. The fourth-order valence-electron chi connectivity index (χ4n) is 3.56. The summed E-state index contributed by atoms with van der Waals surface area (Å²) in [5.74, 6) is 0.453. The van der Waals surface area contributed by atoms with Gasteiger partial charge in [-0.05, 0) is 48.2 Å². The van der Waals surface area contributed by atoms with Gasteiger partial charge in [-0.1, -0.05) is 0 Å². The molecule has 0 saturated carbocycles. The van der Waals surface area contributed by atoms with Gasteiger partial charge in [-0.3, -0.25) is 14.9 Å². The number of carbonyl (C=O) groups excluding carboxylic acids is 1. The number of likely N-dealkylation sites (tertiary alicyclic amines) is 1. The lowest BCUT2D eigenvalue weighted by molar-refractivity contribution is 0.0779. The second kappa shape index (κ2) is 6.56. The summed E-state index contributed by atoms with van der Waals surface area (Å²) in [5, 5.41) is 12.9. The molecule has 1 atom stereocenters. The molecule has 0 aliphatic carbocycles. The molecule has 3 aromatic heterocycles. The average Bonchev–Trinajstić information content (AvgIpc) is 3.33. The van der Waals surface area contributed by atoms with Crippen molar-refractivity contribution in [2.24, 2.45) is 0 Å². The molecule has 4 heterocycles. The number of rotatable bonds is 3. The quantitative estimate of drug-likeness (QED) is 0.572. The van der Waals surface area contributed by atoms with Crippen molar-refractivity contribution in [3.8, 4) is 0 Å². The Morgan fingerprint density at radius 1 is 1.18 bits per heavy atom. The summed E-state index contributed by atoms with van der Waals surface area (Å²) in [4.78, 5) is 22.8. The van der Waals surface area contributed by atoms with E-state index in [0.717, 1.165) is 21.8 Å². The summed E-state index contributed by atoms with van der Waals surface area (Å²) in [7, 11) is 0. The highest BCUT2D eigenvalue weighted by Gasteiger charge is 2.28. The van der Waals surface area contributed by atoms with Crippen molar-refractivity contribution in [3.05, 3.63) is 54.5 Å². The Morgan fingerprint density at radius 2 is 2.11 bits per heavy atom. The molecular formula is C20H17FN6O. The number of nitrogens with one attached hydrogen (secondary N) is 2. The molecule has 0 radical (unpaired) electrons. The predicted octanol–water partition coefficient (Wildman–Crippen LogP) is 3.43. The Hall–Kier alpha value is -3.55. The zero-order valence-electron chi connectivity index (χ0n) is 14.9. The topological polar surface area (TPSA) is 86.8 Å². The molecule has 1 aromatic carbocycles. The summed E-state index contributed by atoms with van der Waals surface area (Å²) in [5.41, 5.74) is 1.89. The minimum atomic E-state index is -0.951. The van der Waals surface area contributed by atoms with E-state index in [9.17, 15) is 9.18 Å². The van der Waals surface area contributed by atoms with Gasteiger partial charge in [-0.2, -0.15) is 5.10 Å². The maximum Gasteiger partial charge on any atom is 0.273 e. The number of benzene rings is 1. The maximum atomic E-state index is 13.5. The summed E-state index contributed by atoms with van der Waals surface area (Å²) in [6.45, 7) is 0.564. The Kier molecular flexibility index (Phi) is 3.89. The van der Waals surface area contributed by atoms with Crippen molar-refractivity contribution < 1.29 is 9.18 Å². The highest BCUT2D eigenvalue weighted by atomic mass is 19.1. The summed E-state index contributed by atoms with van der Waals surface area (Å²) in [6, 6.07) is 11.3. The number of aromatic nitrogens is 4. The molecule has 7 nitrogen and oxygen atoms in total. The number of nitrogens with zero attached hydrogens (tertiary/aromatic N) is 4. The van der Waals surface area contributed by atoms with E-state index in [1.165, 1.54) is 4.90 Å². The van der Waals surface area contributed by atoms with Crippen molar-refractivity contribution >= 4 is 39.2 Å². The van der Waals surface area contributed by atoms with Crippen molar-refractivity contribution in [2.45, 2.75) is 12.6 Å². The van der Waals surface area contributed by atoms with Crippen molar-refractivity contribution in [1.29, 1.82) is 0 Å². The van der Waals surface area contributed by atoms with Gasteiger partial charge in [0.2, 0.25) is 0 Å². The van der Waals surface area contributed by atoms with Gasteiger partial charge in [0.1, 0.15) is 11.9 Å². The van der Waals surface area contributed by atoms with Crippen molar-refractivity contribution in [1.82, 2.24) is 25.1 Å². The zero-order valence-corrected chi connectivity index (χ0v) is 14.9. The van der Waals surface area contributed by atoms with Crippen LogP contribution in [0, 0.1) is 0 Å². The summed E-state index contributed by atoms with van der Waals surface area (Å²) >= 11 is 0. The third-order valence-corrected chi connectivity index (χ3v) is 4.98. The van der Waals surface area contributed by atoms with Crippen LogP contribution < -0.4 is 5.32 Å². The Morgan fingerprint density at radius 3 is 2.96 bits per heavy atom. The monoisotopic (exact) mass is 376 g/mol. The molecule has 140 valence electrons. The van der Waals surface area contributed by atoms with E-state index in [0.29, 0.717) is 30.1 Å². The van der Waals surface area contributed by atoms with Crippen LogP contribution in [0.25, 0.3) is 21.8 Å². The fourth-order valence-corrected chi connectivity index (χ4v) is 3.56. The highest BCUT2D eigenvalue weighted by molar-refractivity contribution is 6.06. The first-order chi connectivity index (χ1) is 13.7. The number of fused-ring (bicyclic) bond motifs is 2. The third-order valence-electron chi connectivity index (χ3n) is 4.98. The first-order valence-electron chi connectivity index (χ1n) is 9.07. The molecule has 0 bridgehead atoms. The van der Waals surface area contributed by atoms with E-state index in [1.54, 1.807) is 12.4 Å². The number of halogens is 1. The Balaban J connectivity index is 1.48. The van der Waals surface area contributed by atoms with Gasteiger partial charge in [0.05, 0.1) is 11.9 Å². The number of H-pyrrole nitrogens is 1. The standard InChI is InChI=1S/C20H17FN6O/c21-13-6-9-27(11-13)20(28)17-15-4-3-14(10-12(15)5-8-22-17)24-19-16-2-1-7-23-18(16)25-26-19/h1-5,7-8,10,13H,6,9,11H2,(H2,23,24,25,26)/t13-/m0/s1. The van der Waals surface area contributed by atoms with Crippen LogP contribution in [0.15, 0.2) is 48.8 Å². The lowest BCUT2D eigenvalue weighted by atomic mass is 10.1. The van der Waals surface area contributed by atoms with Crippen molar-refractivity contribution in [3.63, 3.8) is 0 Å². The largest absolute Gasteiger partial charge is 0.338 e. The van der Waals surface area contributed by atoms with Crippen LogP contribution in [0.2, 0.25) is 0 Å². The molecule has 2 N–H and O–H groups in total.